The number of hydrogen-bond acceptors (Lipinski definition) is 5. The Kier molecular flexibility index (Phi) is 5.15. The fourth-order valence-electron chi connectivity index (χ4n) is 2.64. The van der Waals surface area contributed by atoms with E-state index in [0.717, 1.165) is 6.07 Å². The van der Waals surface area contributed by atoms with E-state index in [4.69, 9.17) is 0 Å². The Morgan fingerprint density at radius 3 is 2.18 bits per heavy atom. The summed E-state index contributed by atoms with van der Waals surface area (Å²) in [4.78, 5) is 14.2. The lowest BCUT2D eigenvalue weighted by Gasteiger charge is -2.14. The van der Waals surface area contributed by atoms with E-state index in [-0.39, 0.29) is 15.5 Å². The van der Waals surface area contributed by atoms with Gasteiger partial charge < -0.3 is 4.98 Å². The molecular formula is C17H18N4O5S2. The number of H-pyrrole nitrogens is 1. The highest BCUT2D eigenvalue weighted by Crippen LogP contribution is 2.24. The van der Waals surface area contributed by atoms with Gasteiger partial charge in [-0.3, -0.25) is 9.29 Å². The molecule has 1 aromatic heterocycles. The number of nitrogens with zero attached hydrogens (tertiary/aromatic N) is 1. The Morgan fingerprint density at radius 2 is 1.57 bits per heavy atom. The number of aryl methyl sites for hydroxylation is 1. The van der Waals surface area contributed by atoms with E-state index in [1.807, 2.05) is 0 Å². The third-order valence-electron chi connectivity index (χ3n) is 4.04. The summed E-state index contributed by atoms with van der Waals surface area (Å²) in [6.45, 7) is 1.70. The van der Waals surface area contributed by atoms with Crippen molar-refractivity contribution < 1.29 is 16.8 Å². The molecule has 0 aliphatic carbocycles. The highest BCUT2D eigenvalue weighted by Gasteiger charge is 2.20. The molecule has 148 valence electrons. The van der Waals surface area contributed by atoms with Crippen LogP contribution < -0.4 is 15.1 Å². The van der Waals surface area contributed by atoms with Crippen molar-refractivity contribution in [3.05, 3.63) is 70.9 Å². The fraction of sp³-hybridized carbons (Fsp3) is 0.118. The van der Waals surface area contributed by atoms with E-state index in [2.05, 4.69) is 14.4 Å². The molecule has 0 atom stereocenters. The van der Waals surface area contributed by atoms with Crippen LogP contribution in [0.5, 0.6) is 0 Å². The molecule has 0 spiro atoms. The molecule has 0 radical (unpaired) electrons. The number of para-hydroxylation sites is 2. The SMILES string of the molecule is CNS(=O)(=O)c1cccc(S(=O)(=O)Nc2ccccc2-n2c(C)c[nH]c2=O)c1. The topological polar surface area (TPSA) is 130 Å². The molecule has 3 rings (SSSR count). The van der Waals surface area contributed by atoms with E-state index < -0.39 is 25.7 Å². The molecule has 2 aromatic carbocycles. The van der Waals surface area contributed by atoms with Gasteiger partial charge in [0, 0.05) is 11.9 Å². The normalized spacial score (nSPS) is 12.1. The molecule has 11 heteroatoms. The predicted molar refractivity (Wildman–Crippen MR) is 105 cm³/mol. The second kappa shape index (κ2) is 7.26. The van der Waals surface area contributed by atoms with Gasteiger partial charge in [0.05, 0.1) is 21.2 Å². The summed E-state index contributed by atoms with van der Waals surface area (Å²) in [5.74, 6) is 0. The van der Waals surface area contributed by atoms with Gasteiger partial charge in [-0.1, -0.05) is 18.2 Å². The zero-order chi connectivity index (χ0) is 20.5. The Hall–Kier alpha value is -2.89. The number of anilines is 1. The molecule has 0 amide bonds. The molecule has 0 aliphatic rings. The van der Waals surface area contributed by atoms with Crippen molar-refractivity contribution in [1.82, 2.24) is 14.3 Å². The maximum atomic E-state index is 12.8. The van der Waals surface area contributed by atoms with Gasteiger partial charge in [0.1, 0.15) is 0 Å². The monoisotopic (exact) mass is 422 g/mol. The van der Waals surface area contributed by atoms with Crippen molar-refractivity contribution in [1.29, 1.82) is 0 Å². The molecule has 0 saturated heterocycles. The maximum Gasteiger partial charge on any atom is 0.330 e. The van der Waals surface area contributed by atoms with Gasteiger partial charge >= 0.3 is 5.69 Å². The number of sulfonamides is 2. The van der Waals surface area contributed by atoms with Crippen molar-refractivity contribution in [2.75, 3.05) is 11.8 Å². The van der Waals surface area contributed by atoms with Crippen LogP contribution in [0, 0.1) is 6.92 Å². The van der Waals surface area contributed by atoms with Gasteiger partial charge in [0.2, 0.25) is 10.0 Å². The Morgan fingerprint density at radius 1 is 0.929 bits per heavy atom. The van der Waals surface area contributed by atoms with Gasteiger partial charge in [0.15, 0.2) is 0 Å². The average molecular weight is 422 g/mol. The standard InChI is InChI=1S/C17H18N4O5S2/c1-12-11-19-17(22)21(12)16-9-4-3-8-15(16)20-28(25,26)14-7-5-6-13(10-14)27(23,24)18-2/h3-11,18,20H,1-2H3,(H,19,22). The van der Waals surface area contributed by atoms with Crippen LogP contribution in [0.3, 0.4) is 0 Å². The van der Waals surface area contributed by atoms with E-state index in [9.17, 15) is 21.6 Å². The first kappa shape index (κ1) is 19.9. The molecule has 0 unspecified atom stereocenters. The second-order valence-electron chi connectivity index (χ2n) is 5.88. The number of aromatic nitrogens is 2. The quantitative estimate of drug-likeness (QED) is 0.549. The summed E-state index contributed by atoms with van der Waals surface area (Å²) in [5.41, 5.74) is 0.702. The zero-order valence-corrected chi connectivity index (χ0v) is 16.6. The smallest absolute Gasteiger partial charge is 0.312 e. The van der Waals surface area contributed by atoms with Crippen LogP contribution in [-0.2, 0) is 20.0 Å². The molecule has 28 heavy (non-hydrogen) atoms. The number of hydrogen-bond donors (Lipinski definition) is 3. The molecule has 0 bridgehead atoms. The van der Waals surface area contributed by atoms with Crippen molar-refractivity contribution in [2.45, 2.75) is 16.7 Å². The first-order chi connectivity index (χ1) is 13.2. The first-order valence-corrected chi connectivity index (χ1v) is 11.1. The number of rotatable bonds is 6. The largest absolute Gasteiger partial charge is 0.330 e. The van der Waals surface area contributed by atoms with Crippen LogP contribution in [0.25, 0.3) is 5.69 Å². The first-order valence-electron chi connectivity index (χ1n) is 8.08. The maximum absolute atomic E-state index is 12.8. The minimum atomic E-state index is -4.11. The van der Waals surface area contributed by atoms with E-state index in [1.54, 1.807) is 25.1 Å². The summed E-state index contributed by atoms with van der Waals surface area (Å²) >= 11 is 0. The zero-order valence-electron chi connectivity index (χ0n) is 15.0. The van der Waals surface area contributed by atoms with Crippen LogP contribution in [-0.4, -0.2) is 33.4 Å². The van der Waals surface area contributed by atoms with E-state index in [1.165, 1.54) is 42.1 Å². The lowest BCUT2D eigenvalue weighted by molar-refractivity contribution is 0.588. The van der Waals surface area contributed by atoms with Crippen molar-refractivity contribution in [2.24, 2.45) is 0 Å². The van der Waals surface area contributed by atoms with Crippen LogP contribution >= 0.6 is 0 Å². The van der Waals surface area contributed by atoms with Crippen molar-refractivity contribution >= 4 is 25.7 Å². The number of imidazole rings is 1. The molecule has 1 heterocycles. The average Bonchev–Trinajstić information content (AvgIpc) is 3.00. The molecule has 9 nitrogen and oxygen atoms in total. The number of nitrogens with one attached hydrogen (secondary N) is 3. The minimum absolute atomic E-state index is 0.175. The second-order valence-corrected chi connectivity index (χ2v) is 9.44. The van der Waals surface area contributed by atoms with Crippen molar-refractivity contribution in [3.63, 3.8) is 0 Å². The third-order valence-corrected chi connectivity index (χ3v) is 6.82. The van der Waals surface area contributed by atoms with Gasteiger partial charge in [-0.25, -0.2) is 26.4 Å². The van der Waals surface area contributed by atoms with Crippen LogP contribution in [0.15, 0.2) is 69.3 Å². The van der Waals surface area contributed by atoms with Crippen LogP contribution in [0.1, 0.15) is 5.69 Å². The lowest BCUT2D eigenvalue weighted by atomic mass is 10.2. The Balaban J connectivity index is 2.06. The van der Waals surface area contributed by atoms with E-state index in [0.29, 0.717) is 11.4 Å². The summed E-state index contributed by atoms with van der Waals surface area (Å²) in [6.07, 6.45) is 1.51. The van der Waals surface area contributed by atoms with E-state index >= 15 is 0 Å². The molecular weight excluding hydrogens is 404 g/mol. The van der Waals surface area contributed by atoms with Gasteiger partial charge in [-0.2, -0.15) is 0 Å². The predicted octanol–water partition coefficient (Wildman–Crippen LogP) is 1.18. The van der Waals surface area contributed by atoms with Crippen LogP contribution in [0.2, 0.25) is 0 Å². The van der Waals surface area contributed by atoms with Gasteiger partial charge in [-0.15, -0.1) is 0 Å². The van der Waals surface area contributed by atoms with Gasteiger partial charge in [0.25, 0.3) is 10.0 Å². The number of benzene rings is 2. The fourth-order valence-corrected chi connectivity index (χ4v) is 4.61. The molecule has 0 fully saturated rings. The van der Waals surface area contributed by atoms with Gasteiger partial charge in [-0.05, 0) is 44.3 Å². The Bertz CT molecular complexity index is 1290. The van der Waals surface area contributed by atoms with Crippen LogP contribution in [0.4, 0.5) is 5.69 Å². The third kappa shape index (κ3) is 3.72. The highest BCUT2D eigenvalue weighted by molar-refractivity contribution is 7.93. The minimum Gasteiger partial charge on any atom is -0.312 e. The highest BCUT2D eigenvalue weighted by atomic mass is 32.2. The Labute approximate surface area is 162 Å². The molecule has 0 aliphatic heterocycles. The summed E-state index contributed by atoms with van der Waals surface area (Å²) in [7, 11) is -6.67. The summed E-state index contributed by atoms with van der Waals surface area (Å²) < 4.78 is 55.5. The van der Waals surface area contributed by atoms with Crippen molar-refractivity contribution in [3.8, 4) is 5.69 Å². The number of aromatic amines is 1. The summed E-state index contributed by atoms with van der Waals surface area (Å²) in [6, 6.07) is 11.4. The summed E-state index contributed by atoms with van der Waals surface area (Å²) in [5, 5.41) is 0. The molecule has 3 N–H and O–H groups in total. The molecule has 0 saturated carbocycles. The molecule has 3 aromatic rings. The lowest BCUT2D eigenvalue weighted by Crippen LogP contribution is -2.21.